The van der Waals surface area contributed by atoms with Crippen LogP contribution in [-0.2, 0) is 16.0 Å². The van der Waals surface area contributed by atoms with Gasteiger partial charge >= 0.3 is 5.97 Å². The Bertz CT molecular complexity index is 578. The summed E-state index contributed by atoms with van der Waals surface area (Å²) in [5.74, 6) is 0.556. The van der Waals surface area contributed by atoms with Crippen LogP contribution in [0.3, 0.4) is 0 Å². The van der Waals surface area contributed by atoms with E-state index in [-0.39, 0.29) is 18.5 Å². The van der Waals surface area contributed by atoms with Gasteiger partial charge in [-0.05, 0) is 24.1 Å². The molecule has 21 heavy (non-hydrogen) atoms. The number of rotatable bonds is 6. The quantitative estimate of drug-likeness (QED) is 0.760. The monoisotopic (exact) mass is 284 g/mol. The lowest BCUT2D eigenvalue weighted by molar-refractivity contribution is -0.142. The molecule has 0 radical (unpaired) electrons. The molecule has 0 fully saturated rings. The molecule has 0 amide bonds. The molecule has 0 saturated heterocycles. The molecule has 1 atom stereocenters. The van der Waals surface area contributed by atoms with Crippen molar-refractivity contribution in [2.75, 3.05) is 7.11 Å². The van der Waals surface area contributed by atoms with Gasteiger partial charge in [0, 0.05) is 6.42 Å². The van der Waals surface area contributed by atoms with Gasteiger partial charge in [0.2, 0.25) is 0 Å². The molecule has 0 saturated carbocycles. The zero-order chi connectivity index (χ0) is 15.1. The summed E-state index contributed by atoms with van der Waals surface area (Å²) < 4.78 is 10.6. The highest BCUT2D eigenvalue weighted by molar-refractivity contribution is 5.69. The molecule has 0 aliphatic rings. The summed E-state index contributed by atoms with van der Waals surface area (Å²) in [5.41, 5.74) is 2.34. The summed E-state index contributed by atoms with van der Waals surface area (Å²) in [5, 5.41) is 0. The zero-order valence-electron chi connectivity index (χ0n) is 12.4. The SMILES string of the molecule is COC(=O)CC(C)Oc1ccccc1Cc1ccccc1. The van der Waals surface area contributed by atoms with E-state index in [1.807, 2.05) is 49.4 Å². The van der Waals surface area contributed by atoms with Gasteiger partial charge in [0.15, 0.2) is 0 Å². The van der Waals surface area contributed by atoms with Crippen LogP contribution in [0, 0.1) is 0 Å². The van der Waals surface area contributed by atoms with E-state index in [1.165, 1.54) is 12.7 Å². The highest BCUT2D eigenvalue weighted by Gasteiger charge is 2.12. The second-order valence-electron chi connectivity index (χ2n) is 4.98. The van der Waals surface area contributed by atoms with Crippen LogP contribution in [0.2, 0.25) is 0 Å². The van der Waals surface area contributed by atoms with E-state index in [4.69, 9.17) is 4.74 Å². The van der Waals surface area contributed by atoms with Gasteiger partial charge < -0.3 is 9.47 Å². The number of carbonyl (C=O) groups excluding carboxylic acids is 1. The summed E-state index contributed by atoms with van der Waals surface area (Å²) in [4.78, 5) is 11.3. The molecule has 0 N–H and O–H groups in total. The fourth-order valence-corrected chi connectivity index (χ4v) is 2.16. The largest absolute Gasteiger partial charge is 0.490 e. The Morgan fingerprint density at radius 3 is 2.43 bits per heavy atom. The molecular formula is C18H20O3. The molecule has 1 unspecified atom stereocenters. The fourth-order valence-electron chi connectivity index (χ4n) is 2.16. The maximum atomic E-state index is 11.3. The van der Waals surface area contributed by atoms with Gasteiger partial charge in [0.1, 0.15) is 11.9 Å². The molecule has 2 rings (SSSR count). The Labute approximate surface area is 125 Å². The smallest absolute Gasteiger partial charge is 0.309 e. The summed E-state index contributed by atoms with van der Waals surface area (Å²) in [6.45, 7) is 1.87. The molecule has 0 aromatic heterocycles. The highest BCUT2D eigenvalue weighted by atomic mass is 16.5. The van der Waals surface area contributed by atoms with E-state index < -0.39 is 0 Å². The standard InChI is InChI=1S/C18H20O3/c1-14(12-18(19)20-2)21-17-11-7-6-10-16(17)13-15-8-4-3-5-9-15/h3-11,14H,12-13H2,1-2H3. The van der Waals surface area contributed by atoms with Crippen molar-refractivity contribution in [3.05, 3.63) is 65.7 Å². The van der Waals surface area contributed by atoms with E-state index in [2.05, 4.69) is 16.9 Å². The Morgan fingerprint density at radius 2 is 1.71 bits per heavy atom. The molecule has 0 aliphatic carbocycles. The molecule has 110 valence electrons. The molecule has 3 heteroatoms. The lowest BCUT2D eigenvalue weighted by Gasteiger charge is -2.16. The van der Waals surface area contributed by atoms with E-state index in [0.29, 0.717) is 0 Å². The summed E-state index contributed by atoms with van der Waals surface area (Å²) in [6, 6.07) is 18.2. The fraction of sp³-hybridized carbons (Fsp3) is 0.278. The van der Waals surface area contributed by atoms with Crippen LogP contribution < -0.4 is 4.74 Å². The van der Waals surface area contributed by atoms with Gasteiger partial charge in [-0.15, -0.1) is 0 Å². The predicted octanol–water partition coefficient (Wildman–Crippen LogP) is 3.61. The number of benzene rings is 2. The number of carbonyl (C=O) groups is 1. The van der Waals surface area contributed by atoms with Gasteiger partial charge in [-0.1, -0.05) is 48.5 Å². The first kappa shape index (κ1) is 15.1. The van der Waals surface area contributed by atoms with Crippen molar-refractivity contribution in [2.24, 2.45) is 0 Å². The molecule has 2 aromatic rings. The highest BCUT2D eigenvalue weighted by Crippen LogP contribution is 2.23. The van der Waals surface area contributed by atoms with E-state index in [0.717, 1.165) is 17.7 Å². The van der Waals surface area contributed by atoms with Gasteiger partial charge in [-0.3, -0.25) is 4.79 Å². The number of hydrogen-bond donors (Lipinski definition) is 0. The molecular weight excluding hydrogens is 264 g/mol. The normalized spacial score (nSPS) is 11.7. The predicted molar refractivity (Wildman–Crippen MR) is 82.4 cm³/mol. The number of ether oxygens (including phenoxy) is 2. The van der Waals surface area contributed by atoms with Crippen LogP contribution in [-0.4, -0.2) is 19.2 Å². The van der Waals surface area contributed by atoms with Crippen LogP contribution in [0.1, 0.15) is 24.5 Å². The van der Waals surface area contributed by atoms with Gasteiger partial charge in [0.05, 0.1) is 13.5 Å². The first-order chi connectivity index (χ1) is 10.2. The number of para-hydroxylation sites is 1. The number of hydrogen-bond acceptors (Lipinski definition) is 3. The van der Waals surface area contributed by atoms with Gasteiger partial charge in [0.25, 0.3) is 0 Å². The Morgan fingerprint density at radius 1 is 1.05 bits per heavy atom. The molecule has 0 spiro atoms. The van der Waals surface area contributed by atoms with Crippen molar-refractivity contribution in [1.29, 1.82) is 0 Å². The van der Waals surface area contributed by atoms with Crippen molar-refractivity contribution in [3.8, 4) is 5.75 Å². The second-order valence-corrected chi connectivity index (χ2v) is 4.98. The Hall–Kier alpha value is -2.29. The maximum Gasteiger partial charge on any atom is 0.309 e. The second kappa shape index (κ2) is 7.48. The minimum absolute atomic E-state index is 0.214. The summed E-state index contributed by atoms with van der Waals surface area (Å²) >= 11 is 0. The molecule has 3 nitrogen and oxygen atoms in total. The molecule has 0 bridgehead atoms. The third-order valence-corrected chi connectivity index (χ3v) is 3.22. The minimum atomic E-state index is -0.261. The maximum absolute atomic E-state index is 11.3. The molecule has 2 aromatic carbocycles. The third kappa shape index (κ3) is 4.63. The molecule has 0 aliphatic heterocycles. The molecule has 0 heterocycles. The average Bonchev–Trinajstić information content (AvgIpc) is 2.50. The van der Waals surface area contributed by atoms with Crippen LogP contribution in [0.5, 0.6) is 5.75 Å². The Balaban J connectivity index is 2.08. The van der Waals surface area contributed by atoms with E-state index in [9.17, 15) is 4.79 Å². The lowest BCUT2D eigenvalue weighted by atomic mass is 10.0. The van der Waals surface area contributed by atoms with Crippen molar-refractivity contribution in [3.63, 3.8) is 0 Å². The van der Waals surface area contributed by atoms with Crippen molar-refractivity contribution >= 4 is 5.97 Å². The summed E-state index contributed by atoms with van der Waals surface area (Å²) in [7, 11) is 1.39. The van der Waals surface area contributed by atoms with Gasteiger partial charge in [-0.2, -0.15) is 0 Å². The summed E-state index contributed by atoms with van der Waals surface area (Å²) in [6.07, 6.45) is 0.840. The van der Waals surface area contributed by atoms with E-state index in [1.54, 1.807) is 0 Å². The van der Waals surface area contributed by atoms with Crippen molar-refractivity contribution in [2.45, 2.75) is 25.9 Å². The van der Waals surface area contributed by atoms with Crippen molar-refractivity contribution < 1.29 is 14.3 Å². The van der Waals surface area contributed by atoms with Crippen LogP contribution in [0.15, 0.2) is 54.6 Å². The first-order valence-electron chi connectivity index (χ1n) is 7.04. The van der Waals surface area contributed by atoms with Crippen LogP contribution >= 0.6 is 0 Å². The van der Waals surface area contributed by atoms with E-state index >= 15 is 0 Å². The van der Waals surface area contributed by atoms with Gasteiger partial charge in [-0.25, -0.2) is 0 Å². The number of methoxy groups -OCH3 is 1. The third-order valence-electron chi connectivity index (χ3n) is 3.22. The lowest BCUT2D eigenvalue weighted by Crippen LogP contribution is -2.18. The number of esters is 1. The first-order valence-corrected chi connectivity index (χ1v) is 7.04. The Kier molecular flexibility index (Phi) is 5.38. The van der Waals surface area contributed by atoms with Crippen LogP contribution in [0.4, 0.5) is 0 Å². The van der Waals surface area contributed by atoms with Crippen LogP contribution in [0.25, 0.3) is 0 Å². The van der Waals surface area contributed by atoms with Crippen molar-refractivity contribution in [1.82, 2.24) is 0 Å². The minimum Gasteiger partial charge on any atom is -0.490 e. The average molecular weight is 284 g/mol. The zero-order valence-corrected chi connectivity index (χ0v) is 12.4. The topological polar surface area (TPSA) is 35.5 Å².